The first kappa shape index (κ1) is 21.9. The fourth-order valence-electron chi connectivity index (χ4n) is 3.56. The van der Waals surface area contributed by atoms with Gasteiger partial charge in [-0.25, -0.2) is 8.78 Å². The molecular formula is C19H25F2N7O2. The Labute approximate surface area is 173 Å². The molecule has 3 N–H and O–H groups in total. The van der Waals surface area contributed by atoms with E-state index in [9.17, 15) is 18.4 Å². The second-order valence-electron chi connectivity index (χ2n) is 7.35. The van der Waals surface area contributed by atoms with Gasteiger partial charge in [0.05, 0.1) is 36.6 Å². The van der Waals surface area contributed by atoms with Crippen molar-refractivity contribution in [2.75, 3.05) is 57.7 Å². The largest absolute Gasteiger partial charge is 0.382 e. The highest BCUT2D eigenvalue weighted by Gasteiger charge is 2.47. The van der Waals surface area contributed by atoms with Crippen molar-refractivity contribution in [1.82, 2.24) is 25.4 Å². The van der Waals surface area contributed by atoms with Gasteiger partial charge in [0.25, 0.3) is 11.8 Å². The molecule has 2 aliphatic rings. The third-order valence-corrected chi connectivity index (χ3v) is 5.16. The Morgan fingerprint density at radius 2 is 2.13 bits per heavy atom. The van der Waals surface area contributed by atoms with Crippen LogP contribution in [-0.2, 0) is 4.79 Å². The van der Waals surface area contributed by atoms with Crippen LogP contribution in [-0.4, -0.2) is 90.9 Å². The number of hydrogen-bond donors (Lipinski definition) is 3. The van der Waals surface area contributed by atoms with E-state index in [0.29, 0.717) is 17.8 Å². The average Bonchev–Trinajstić information content (AvgIpc) is 3.07. The standard InChI is InChI=1S/C19H25F2N7O2/c20-19(21)9-14(10-22)28(13-19)17(29)12-26-18(30)15-1-2-24-11-16(15)25-5-8-27-6-3-23-4-7-27/h1-2,11,14,23,25H,3-9,12-13H2,(H,26,30). The minimum atomic E-state index is -3.09. The Kier molecular flexibility index (Phi) is 7.12. The van der Waals surface area contributed by atoms with Crippen molar-refractivity contribution in [3.63, 3.8) is 0 Å². The number of carbonyl (C=O) groups is 2. The van der Waals surface area contributed by atoms with Crippen LogP contribution in [0.1, 0.15) is 16.8 Å². The highest BCUT2D eigenvalue weighted by Crippen LogP contribution is 2.31. The number of amides is 2. The number of rotatable bonds is 7. The number of nitriles is 1. The Morgan fingerprint density at radius 3 is 2.87 bits per heavy atom. The number of carbonyl (C=O) groups excluding carboxylic acids is 2. The van der Waals surface area contributed by atoms with E-state index in [2.05, 4.69) is 25.8 Å². The van der Waals surface area contributed by atoms with Crippen LogP contribution < -0.4 is 16.0 Å². The van der Waals surface area contributed by atoms with Gasteiger partial charge in [0, 0.05) is 51.9 Å². The maximum atomic E-state index is 13.5. The lowest BCUT2D eigenvalue weighted by atomic mass is 10.2. The number of alkyl halides is 2. The summed E-state index contributed by atoms with van der Waals surface area (Å²) in [4.78, 5) is 32.0. The van der Waals surface area contributed by atoms with Gasteiger partial charge in [-0.15, -0.1) is 0 Å². The van der Waals surface area contributed by atoms with E-state index in [1.54, 1.807) is 6.07 Å². The van der Waals surface area contributed by atoms with E-state index < -0.39 is 43.3 Å². The van der Waals surface area contributed by atoms with E-state index in [1.165, 1.54) is 18.5 Å². The fraction of sp³-hybridized carbons (Fsp3) is 0.579. The predicted octanol–water partition coefficient (Wildman–Crippen LogP) is -0.112. The molecule has 1 aromatic rings. The third kappa shape index (κ3) is 5.61. The summed E-state index contributed by atoms with van der Waals surface area (Å²) in [7, 11) is 0. The van der Waals surface area contributed by atoms with E-state index in [1.807, 2.05) is 0 Å². The lowest BCUT2D eigenvalue weighted by Gasteiger charge is -2.27. The molecule has 1 unspecified atom stereocenters. The van der Waals surface area contributed by atoms with E-state index in [-0.39, 0.29) is 0 Å². The van der Waals surface area contributed by atoms with Crippen LogP contribution in [0.15, 0.2) is 18.5 Å². The fourth-order valence-corrected chi connectivity index (χ4v) is 3.56. The molecule has 1 atom stereocenters. The zero-order chi connectivity index (χ0) is 21.6. The second-order valence-corrected chi connectivity index (χ2v) is 7.35. The van der Waals surface area contributed by atoms with Crippen molar-refractivity contribution in [2.45, 2.75) is 18.4 Å². The highest BCUT2D eigenvalue weighted by molar-refractivity contribution is 6.00. The lowest BCUT2D eigenvalue weighted by Crippen LogP contribution is -2.45. The Bertz CT molecular complexity index is 808. The molecule has 0 saturated carbocycles. The molecule has 0 spiro atoms. The van der Waals surface area contributed by atoms with Crippen LogP contribution >= 0.6 is 0 Å². The molecule has 2 aliphatic heterocycles. The summed E-state index contributed by atoms with van der Waals surface area (Å²) in [5.74, 6) is -4.32. The maximum Gasteiger partial charge on any atom is 0.268 e. The van der Waals surface area contributed by atoms with Crippen LogP contribution in [0, 0.1) is 11.3 Å². The number of nitrogens with one attached hydrogen (secondary N) is 3. The van der Waals surface area contributed by atoms with Gasteiger partial charge in [-0.1, -0.05) is 0 Å². The van der Waals surface area contributed by atoms with E-state index >= 15 is 0 Å². The first-order valence-corrected chi connectivity index (χ1v) is 9.86. The molecule has 2 saturated heterocycles. The van der Waals surface area contributed by atoms with Crippen molar-refractivity contribution in [3.05, 3.63) is 24.0 Å². The molecule has 162 valence electrons. The molecule has 0 bridgehead atoms. The number of aromatic nitrogens is 1. The lowest BCUT2D eigenvalue weighted by molar-refractivity contribution is -0.131. The summed E-state index contributed by atoms with van der Waals surface area (Å²) >= 11 is 0. The smallest absolute Gasteiger partial charge is 0.268 e. The van der Waals surface area contributed by atoms with Crippen LogP contribution in [0.5, 0.6) is 0 Å². The molecular weight excluding hydrogens is 396 g/mol. The van der Waals surface area contributed by atoms with Gasteiger partial charge >= 0.3 is 0 Å². The summed E-state index contributed by atoms with van der Waals surface area (Å²) in [6.07, 6.45) is 2.31. The van der Waals surface area contributed by atoms with Crippen molar-refractivity contribution in [1.29, 1.82) is 5.26 Å². The maximum absolute atomic E-state index is 13.5. The van der Waals surface area contributed by atoms with Crippen LogP contribution in [0.4, 0.5) is 14.5 Å². The summed E-state index contributed by atoms with van der Waals surface area (Å²) in [5.41, 5.74) is 0.835. The van der Waals surface area contributed by atoms with Gasteiger partial charge in [0.1, 0.15) is 6.04 Å². The number of halogens is 2. The van der Waals surface area contributed by atoms with Gasteiger partial charge in [-0.05, 0) is 6.07 Å². The van der Waals surface area contributed by atoms with Crippen molar-refractivity contribution >= 4 is 17.5 Å². The molecule has 9 nitrogen and oxygen atoms in total. The first-order chi connectivity index (χ1) is 14.4. The van der Waals surface area contributed by atoms with Gasteiger partial charge in [0.2, 0.25) is 5.91 Å². The molecule has 30 heavy (non-hydrogen) atoms. The monoisotopic (exact) mass is 421 g/mol. The van der Waals surface area contributed by atoms with Gasteiger partial charge < -0.3 is 20.9 Å². The van der Waals surface area contributed by atoms with Crippen LogP contribution in [0.3, 0.4) is 0 Å². The minimum absolute atomic E-state index is 0.307. The first-order valence-electron chi connectivity index (χ1n) is 9.86. The Balaban J connectivity index is 1.52. The summed E-state index contributed by atoms with van der Waals surface area (Å²) in [5, 5.41) is 17.9. The van der Waals surface area contributed by atoms with Crippen molar-refractivity contribution < 1.29 is 18.4 Å². The van der Waals surface area contributed by atoms with Gasteiger partial charge in [0.15, 0.2) is 0 Å². The molecule has 2 amide bonds. The van der Waals surface area contributed by atoms with E-state index in [4.69, 9.17) is 5.26 Å². The third-order valence-electron chi connectivity index (χ3n) is 5.16. The minimum Gasteiger partial charge on any atom is -0.382 e. The number of hydrogen-bond acceptors (Lipinski definition) is 7. The van der Waals surface area contributed by atoms with Crippen molar-refractivity contribution in [3.8, 4) is 6.07 Å². The van der Waals surface area contributed by atoms with Crippen LogP contribution in [0.25, 0.3) is 0 Å². The summed E-state index contributed by atoms with van der Waals surface area (Å²) in [6, 6.07) is 2.05. The molecule has 3 heterocycles. The van der Waals surface area contributed by atoms with Crippen LogP contribution in [0.2, 0.25) is 0 Å². The number of nitrogens with zero attached hydrogens (tertiary/aromatic N) is 4. The molecule has 2 fully saturated rings. The quantitative estimate of drug-likeness (QED) is 0.563. The number of likely N-dealkylation sites (tertiary alicyclic amines) is 1. The molecule has 3 rings (SSSR count). The molecule has 0 aromatic carbocycles. The average molecular weight is 421 g/mol. The van der Waals surface area contributed by atoms with Gasteiger partial charge in [-0.2, -0.15) is 5.26 Å². The zero-order valence-electron chi connectivity index (χ0n) is 16.5. The topological polar surface area (TPSA) is 113 Å². The Morgan fingerprint density at radius 1 is 1.37 bits per heavy atom. The van der Waals surface area contributed by atoms with E-state index in [0.717, 1.165) is 37.6 Å². The zero-order valence-corrected chi connectivity index (χ0v) is 16.5. The normalized spacial score (nSPS) is 21.1. The highest BCUT2D eigenvalue weighted by atomic mass is 19.3. The molecule has 1 aromatic heterocycles. The summed E-state index contributed by atoms with van der Waals surface area (Å²) in [6.45, 7) is 3.98. The number of piperazine rings is 1. The molecule has 0 aliphatic carbocycles. The Hall–Kier alpha value is -2.84. The SMILES string of the molecule is N#CC1CC(F)(F)CN1C(=O)CNC(=O)c1ccncc1NCCN1CCNCC1. The second kappa shape index (κ2) is 9.77. The number of anilines is 1. The van der Waals surface area contributed by atoms with Crippen molar-refractivity contribution in [2.24, 2.45) is 0 Å². The molecule has 11 heteroatoms. The predicted molar refractivity (Wildman–Crippen MR) is 105 cm³/mol. The molecule has 0 radical (unpaired) electrons. The van der Waals surface area contributed by atoms with Gasteiger partial charge in [-0.3, -0.25) is 19.5 Å². The number of pyridine rings is 1. The summed E-state index contributed by atoms with van der Waals surface area (Å²) < 4.78 is 27.0.